The zero-order valence-corrected chi connectivity index (χ0v) is 9.55. The molecule has 1 saturated heterocycles. The van der Waals surface area contributed by atoms with Gasteiger partial charge in [0.05, 0.1) is 5.51 Å². The first-order valence-corrected chi connectivity index (χ1v) is 5.93. The summed E-state index contributed by atoms with van der Waals surface area (Å²) in [4.78, 5) is 6.68. The molecule has 1 aromatic rings. The van der Waals surface area contributed by atoms with E-state index in [1.807, 2.05) is 5.51 Å². The van der Waals surface area contributed by atoms with E-state index in [0.29, 0.717) is 5.92 Å². The Morgan fingerprint density at radius 2 is 2.57 bits per heavy atom. The Labute approximate surface area is 88.9 Å². The third kappa shape index (κ3) is 1.53. The van der Waals surface area contributed by atoms with Crippen LogP contribution in [0.15, 0.2) is 10.9 Å². The molecule has 0 aromatic carbocycles. The highest BCUT2D eigenvalue weighted by molar-refractivity contribution is 7.07. The molecule has 78 valence electrons. The van der Waals surface area contributed by atoms with Crippen LogP contribution in [0.1, 0.15) is 13.8 Å². The molecule has 3 nitrogen and oxygen atoms in total. The molecule has 2 rings (SSSR count). The highest BCUT2D eigenvalue weighted by Crippen LogP contribution is 2.36. The molecule has 0 bridgehead atoms. The van der Waals surface area contributed by atoms with Gasteiger partial charge in [0, 0.05) is 23.9 Å². The van der Waals surface area contributed by atoms with Crippen LogP contribution in [0.25, 0.3) is 0 Å². The highest BCUT2D eigenvalue weighted by Gasteiger charge is 2.39. The second-order valence-electron chi connectivity index (χ2n) is 4.49. The van der Waals surface area contributed by atoms with Crippen molar-refractivity contribution in [2.45, 2.75) is 13.8 Å². The quantitative estimate of drug-likeness (QED) is 0.807. The number of nitrogens with zero attached hydrogens (tertiary/aromatic N) is 2. The van der Waals surface area contributed by atoms with E-state index in [2.05, 4.69) is 29.1 Å². The minimum atomic E-state index is 0.254. The molecule has 1 fully saturated rings. The van der Waals surface area contributed by atoms with Gasteiger partial charge in [-0.1, -0.05) is 13.8 Å². The molecule has 1 aliphatic rings. The molecule has 0 aliphatic carbocycles. The first-order valence-electron chi connectivity index (χ1n) is 4.99. The van der Waals surface area contributed by atoms with Crippen molar-refractivity contribution in [3.05, 3.63) is 10.9 Å². The third-order valence-electron chi connectivity index (χ3n) is 3.45. The zero-order chi connectivity index (χ0) is 10.2. The first kappa shape index (κ1) is 9.93. The molecule has 4 heteroatoms. The van der Waals surface area contributed by atoms with Crippen molar-refractivity contribution in [3.63, 3.8) is 0 Å². The van der Waals surface area contributed by atoms with Crippen molar-refractivity contribution in [3.8, 4) is 0 Å². The van der Waals surface area contributed by atoms with Crippen molar-refractivity contribution >= 4 is 17.2 Å². The standard InChI is InChI=1S/C10H17N3S/c1-8-3-13(6-10(8,2)5-11)9-4-14-7-12-9/h4,7-8H,3,5-6,11H2,1-2H3. The van der Waals surface area contributed by atoms with E-state index < -0.39 is 0 Å². The molecule has 0 radical (unpaired) electrons. The predicted octanol–water partition coefficient (Wildman–Crippen LogP) is 1.56. The van der Waals surface area contributed by atoms with Crippen molar-refractivity contribution in [1.82, 2.24) is 4.98 Å². The van der Waals surface area contributed by atoms with Crippen LogP contribution in [0.3, 0.4) is 0 Å². The molecule has 14 heavy (non-hydrogen) atoms. The number of anilines is 1. The second-order valence-corrected chi connectivity index (χ2v) is 5.21. The van der Waals surface area contributed by atoms with Gasteiger partial charge >= 0.3 is 0 Å². The van der Waals surface area contributed by atoms with E-state index in [1.165, 1.54) is 0 Å². The SMILES string of the molecule is CC1CN(c2cscn2)CC1(C)CN. The topological polar surface area (TPSA) is 42.2 Å². The Morgan fingerprint density at radius 3 is 3.07 bits per heavy atom. The second kappa shape index (κ2) is 3.51. The Bertz CT molecular complexity index is 298. The van der Waals surface area contributed by atoms with Crippen molar-refractivity contribution < 1.29 is 0 Å². The van der Waals surface area contributed by atoms with Crippen LogP contribution in [0.5, 0.6) is 0 Å². The van der Waals surface area contributed by atoms with Gasteiger partial charge in [-0.25, -0.2) is 4.98 Å². The lowest BCUT2D eigenvalue weighted by Gasteiger charge is -2.25. The van der Waals surface area contributed by atoms with Gasteiger partial charge < -0.3 is 10.6 Å². The number of nitrogens with two attached hydrogens (primary N) is 1. The summed E-state index contributed by atoms with van der Waals surface area (Å²) in [5, 5.41) is 2.11. The minimum Gasteiger partial charge on any atom is -0.355 e. The predicted molar refractivity (Wildman–Crippen MR) is 60.7 cm³/mol. The average Bonchev–Trinajstić information content (AvgIpc) is 2.76. The van der Waals surface area contributed by atoms with Crippen LogP contribution >= 0.6 is 11.3 Å². The van der Waals surface area contributed by atoms with E-state index in [4.69, 9.17) is 5.73 Å². The number of aromatic nitrogens is 1. The van der Waals surface area contributed by atoms with Crippen LogP contribution in [-0.2, 0) is 0 Å². The van der Waals surface area contributed by atoms with Crippen LogP contribution in [-0.4, -0.2) is 24.6 Å². The Hall–Kier alpha value is -0.610. The van der Waals surface area contributed by atoms with Crippen molar-refractivity contribution in [2.24, 2.45) is 17.1 Å². The van der Waals surface area contributed by atoms with E-state index in [1.54, 1.807) is 11.3 Å². The van der Waals surface area contributed by atoms with E-state index in [0.717, 1.165) is 25.5 Å². The van der Waals surface area contributed by atoms with Crippen molar-refractivity contribution in [2.75, 3.05) is 24.5 Å². The van der Waals surface area contributed by atoms with Gasteiger partial charge in [0.1, 0.15) is 5.82 Å². The summed E-state index contributed by atoms with van der Waals surface area (Å²) in [6.07, 6.45) is 0. The smallest absolute Gasteiger partial charge is 0.139 e. The Kier molecular flexibility index (Phi) is 2.49. The molecule has 0 amide bonds. The lowest BCUT2D eigenvalue weighted by atomic mass is 9.81. The molecule has 2 N–H and O–H groups in total. The van der Waals surface area contributed by atoms with Gasteiger partial charge in [-0.05, 0) is 12.5 Å². The zero-order valence-electron chi connectivity index (χ0n) is 8.73. The van der Waals surface area contributed by atoms with Gasteiger partial charge in [0.2, 0.25) is 0 Å². The van der Waals surface area contributed by atoms with Gasteiger partial charge in [0.15, 0.2) is 0 Å². The fourth-order valence-corrected chi connectivity index (χ4v) is 2.57. The fraction of sp³-hybridized carbons (Fsp3) is 0.700. The van der Waals surface area contributed by atoms with E-state index in [-0.39, 0.29) is 5.41 Å². The third-order valence-corrected chi connectivity index (χ3v) is 4.02. The maximum atomic E-state index is 5.83. The van der Waals surface area contributed by atoms with Gasteiger partial charge in [0.25, 0.3) is 0 Å². The number of hydrogen-bond acceptors (Lipinski definition) is 4. The van der Waals surface area contributed by atoms with Crippen LogP contribution < -0.4 is 10.6 Å². The lowest BCUT2D eigenvalue weighted by molar-refractivity contribution is 0.287. The molecule has 2 heterocycles. The fourth-order valence-electron chi connectivity index (χ4n) is 2.01. The summed E-state index contributed by atoms with van der Waals surface area (Å²) in [5.74, 6) is 1.76. The van der Waals surface area contributed by atoms with E-state index >= 15 is 0 Å². The largest absolute Gasteiger partial charge is 0.355 e. The first-order chi connectivity index (χ1) is 6.65. The van der Waals surface area contributed by atoms with E-state index in [9.17, 15) is 0 Å². The summed E-state index contributed by atoms with van der Waals surface area (Å²) in [6.45, 7) is 7.42. The summed E-state index contributed by atoms with van der Waals surface area (Å²) in [6, 6.07) is 0. The van der Waals surface area contributed by atoms with Gasteiger partial charge in [-0.15, -0.1) is 11.3 Å². The van der Waals surface area contributed by atoms with Crippen LogP contribution in [0.2, 0.25) is 0 Å². The van der Waals surface area contributed by atoms with Gasteiger partial charge in [-0.3, -0.25) is 0 Å². The molecular formula is C10H17N3S. The molecular weight excluding hydrogens is 194 g/mol. The number of hydrogen-bond donors (Lipinski definition) is 1. The number of thiazole rings is 1. The maximum absolute atomic E-state index is 5.83. The molecule has 1 aromatic heterocycles. The molecule has 2 unspecified atom stereocenters. The normalized spacial score (nSPS) is 32.5. The summed E-state index contributed by atoms with van der Waals surface area (Å²) >= 11 is 1.65. The molecule has 2 atom stereocenters. The van der Waals surface area contributed by atoms with Gasteiger partial charge in [-0.2, -0.15) is 0 Å². The average molecular weight is 211 g/mol. The molecule has 0 spiro atoms. The number of rotatable bonds is 2. The molecule has 0 saturated carbocycles. The molecule has 1 aliphatic heterocycles. The highest BCUT2D eigenvalue weighted by atomic mass is 32.1. The maximum Gasteiger partial charge on any atom is 0.139 e. The minimum absolute atomic E-state index is 0.254. The monoisotopic (exact) mass is 211 g/mol. The summed E-state index contributed by atoms with van der Waals surface area (Å²) in [7, 11) is 0. The Balaban J connectivity index is 2.14. The Morgan fingerprint density at radius 1 is 1.79 bits per heavy atom. The summed E-state index contributed by atoms with van der Waals surface area (Å²) in [5.41, 5.74) is 7.97. The lowest BCUT2D eigenvalue weighted by Crippen LogP contribution is -2.34. The van der Waals surface area contributed by atoms with Crippen molar-refractivity contribution in [1.29, 1.82) is 0 Å². The van der Waals surface area contributed by atoms with Crippen LogP contribution in [0, 0.1) is 11.3 Å². The summed E-state index contributed by atoms with van der Waals surface area (Å²) < 4.78 is 0. The van der Waals surface area contributed by atoms with Crippen LogP contribution in [0.4, 0.5) is 5.82 Å².